The summed E-state index contributed by atoms with van der Waals surface area (Å²) in [7, 11) is 0.160. The van der Waals surface area contributed by atoms with Gasteiger partial charge in [0.25, 0.3) is 10.0 Å². The molecule has 0 spiro atoms. The quantitative estimate of drug-likeness (QED) is 0.338. The normalized spacial score (nSPS) is 18.2. The molecule has 36 heavy (non-hydrogen) atoms. The molecule has 0 amide bonds. The summed E-state index contributed by atoms with van der Waals surface area (Å²) in [4.78, 5) is 6.57. The van der Waals surface area contributed by atoms with Gasteiger partial charge in [0.15, 0.2) is 5.13 Å². The first kappa shape index (κ1) is 26.2. The molecule has 0 saturated heterocycles. The molecule has 1 aromatic heterocycles. The van der Waals surface area contributed by atoms with E-state index in [1.165, 1.54) is 23.8 Å². The average molecular weight is 528 g/mol. The first-order valence-electron chi connectivity index (χ1n) is 12.3. The van der Waals surface area contributed by atoms with Crippen LogP contribution in [0.1, 0.15) is 51.0 Å². The highest BCUT2D eigenvalue weighted by atomic mass is 32.2. The van der Waals surface area contributed by atoms with E-state index >= 15 is 0 Å². The van der Waals surface area contributed by atoms with Crippen molar-refractivity contribution in [3.05, 3.63) is 42.0 Å². The van der Waals surface area contributed by atoms with Crippen LogP contribution in [0.5, 0.6) is 5.75 Å². The molecule has 192 valence electrons. The maximum atomic E-state index is 13.2. The second-order valence-electron chi connectivity index (χ2n) is 9.35. The fourth-order valence-electron chi connectivity index (χ4n) is 4.60. The largest absolute Gasteiger partial charge is 0.494 e. The van der Waals surface area contributed by atoms with Gasteiger partial charge < -0.3 is 15.0 Å². The number of fused-ring (bicyclic) bond motifs is 1. The third kappa shape index (κ3) is 6.09. The lowest BCUT2D eigenvalue weighted by atomic mass is 9.89. The number of nitrogens with one attached hydrogen (secondary N) is 2. The van der Waals surface area contributed by atoms with E-state index in [1.54, 1.807) is 12.1 Å². The van der Waals surface area contributed by atoms with Crippen LogP contribution in [0, 0.1) is 11.3 Å². The molecule has 10 heteroatoms. The lowest BCUT2D eigenvalue weighted by molar-refractivity contribution is 0.211. The fraction of sp³-hybridized carbons (Fsp3) is 0.462. The standard InChI is InChI=1S/C26H33N5O3S2/c1-4-5-14-34-20-11-12-22-24(16-20)35-26(29-22)30-36(32,33)25-13-10-19(15-18(25)17-27)28-21-8-6-7-9-23(21)31(2)3/h10-13,15-16,21,23,28H,4-9,14H2,1-3H3,(H,29,30)/t21-,23-/m0/s1. The molecule has 1 aliphatic carbocycles. The number of anilines is 2. The molecule has 1 saturated carbocycles. The topological polar surface area (TPSA) is 107 Å². The van der Waals surface area contributed by atoms with E-state index in [4.69, 9.17) is 4.74 Å². The Balaban J connectivity index is 1.52. The van der Waals surface area contributed by atoms with Crippen molar-refractivity contribution in [2.24, 2.45) is 0 Å². The molecule has 2 atom stereocenters. The van der Waals surface area contributed by atoms with Gasteiger partial charge in [-0.05, 0) is 69.8 Å². The van der Waals surface area contributed by atoms with Crippen LogP contribution in [0.15, 0.2) is 41.3 Å². The minimum Gasteiger partial charge on any atom is -0.494 e. The summed E-state index contributed by atoms with van der Waals surface area (Å²) in [5.41, 5.74) is 1.53. The number of nitrogens with zero attached hydrogens (tertiary/aromatic N) is 3. The summed E-state index contributed by atoms with van der Waals surface area (Å²) in [6.07, 6.45) is 6.52. The van der Waals surface area contributed by atoms with Crippen LogP contribution in [-0.2, 0) is 10.0 Å². The van der Waals surface area contributed by atoms with Crippen molar-refractivity contribution >= 4 is 42.4 Å². The van der Waals surface area contributed by atoms with Crippen LogP contribution in [0.25, 0.3) is 10.2 Å². The molecule has 0 bridgehead atoms. The summed E-state index contributed by atoms with van der Waals surface area (Å²) in [5.74, 6) is 0.735. The molecule has 0 unspecified atom stereocenters. The molecule has 1 fully saturated rings. The van der Waals surface area contributed by atoms with Gasteiger partial charge in [-0.3, -0.25) is 4.72 Å². The number of sulfonamides is 1. The number of hydrogen-bond acceptors (Lipinski definition) is 8. The molecule has 0 radical (unpaired) electrons. The Morgan fingerprint density at radius 3 is 2.75 bits per heavy atom. The van der Waals surface area contributed by atoms with E-state index in [2.05, 4.69) is 47.0 Å². The van der Waals surface area contributed by atoms with E-state index in [9.17, 15) is 13.7 Å². The first-order chi connectivity index (χ1) is 17.3. The van der Waals surface area contributed by atoms with Gasteiger partial charge in [0.2, 0.25) is 0 Å². The summed E-state index contributed by atoms with van der Waals surface area (Å²) in [6.45, 7) is 2.74. The van der Waals surface area contributed by atoms with Crippen molar-refractivity contribution in [3.63, 3.8) is 0 Å². The number of likely N-dealkylation sites (N-methyl/N-ethyl adjacent to an activating group) is 1. The Kier molecular flexibility index (Phi) is 8.34. The lowest BCUT2D eigenvalue weighted by Crippen LogP contribution is -2.45. The van der Waals surface area contributed by atoms with Crippen LogP contribution in [-0.4, -0.2) is 51.1 Å². The minimum atomic E-state index is -4.00. The average Bonchev–Trinajstić information content (AvgIpc) is 3.25. The third-order valence-corrected chi connectivity index (χ3v) is 8.94. The van der Waals surface area contributed by atoms with Crippen molar-refractivity contribution in [3.8, 4) is 11.8 Å². The van der Waals surface area contributed by atoms with Crippen LogP contribution in [0.4, 0.5) is 10.8 Å². The first-order valence-corrected chi connectivity index (χ1v) is 14.6. The molecule has 4 rings (SSSR count). The Hall–Kier alpha value is -2.87. The molecule has 3 aromatic rings. The van der Waals surface area contributed by atoms with E-state index in [1.807, 2.05) is 18.2 Å². The maximum Gasteiger partial charge on any atom is 0.264 e. The molecule has 1 heterocycles. The zero-order valence-electron chi connectivity index (χ0n) is 21.0. The van der Waals surface area contributed by atoms with Crippen LogP contribution in [0.2, 0.25) is 0 Å². The highest BCUT2D eigenvalue weighted by Crippen LogP contribution is 2.32. The Morgan fingerprint density at radius 2 is 2.00 bits per heavy atom. The number of aromatic nitrogens is 1. The van der Waals surface area contributed by atoms with E-state index in [0.717, 1.165) is 48.2 Å². The van der Waals surface area contributed by atoms with Crippen molar-refractivity contribution in [1.82, 2.24) is 9.88 Å². The molecule has 8 nitrogen and oxygen atoms in total. The minimum absolute atomic E-state index is 0.0637. The monoisotopic (exact) mass is 527 g/mol. The third-order valence-electron chi connectivity index (χ3n) is 6.48. The maximum absolute atomic E-state index is 13.2. The summed E-state index contributed by atoms with van der Waals surface area (Å²) >= 11 is 1.23. The SMILES string of the molecule is CCCCOc1ccc2nc(NS(=O)(=O)c3ccc(N[C@H]4CCCC[C@@H]4N(C)C)cc3C#N)sc2c1. The Bertz CT molecular complexity index is 1350. The molecular formula is C26H33N5O3S2. The van der Waals surface area contributed by atoms with Gasteiger partial charge in [-0.25, -0.2) is 13.4 Å². The number of unbranched alkanes of at least 4 members (excludes halogenated alkanes) is 1. The Labute approximate surface area is 217 Å². The summed E-state index contributed by atoms with van der Waals surface area (Å²) < 4.78 is 35.5. The predicted molar refractivity (Wildman–Crippen MR) is 145 cm³/mol. The molecule has 2 N–H and O–H groups in total. The van der Waals surface area contributed by atoms with Crippen LogP contribution >= 0.6 is 11.3 Å². The van der Waals surface area contributed by atoms with Gasteiger partial charge in [0, 0.05) is 17.8 Å². The second-order valence-corrected chi connectivity index (χ2v) is 12.0. The number of nitriles is 1. The van der Waals surface area contributed by atoms with Crippen molar-refractivity contribution in [1.29, 1.82) is 5.26 Å². The number of hydrogen-bond donors (Lipinski definition) is 2. The molecule has 1 aliphatic rings. The smallest absolute Gasteiger partial charge is 0.264 e. The van der Waals surface area contributed by atoms with Crippen molar-refractivity contribution < 1.29 is 13.2 Å². The zero-order chi connectivity index (χ0) is 25.7. The number of thiazole rings is 1. The molecular weight excluding hydrogens is 494 g/mol. The summed E-state index contributed by atoms with van der Waals surface area (Å²) in [5, 5.41) is 13.5. The summed E-state index contributed by atoms with van der Waals surface area (Å²) in [6, 6.07) is 13.1. The Morgan fingerprint density at radius 1 is 1.19 bits per heavy atom. The highest BCUT2D eigenvalue weighted by Gasteiger charge is 2.27. The highest BCUT2D eigenvalue weighted by molar-refractivity contribution is 7.93. The second kappa shape index (κ2) is 11.5. The van der Waals surface area contributed by atoms with E-state index < -0.39 is 10.0 Å². The van der Waals surface area contributed by atoms with Crippen LogP contribution < -0.4 is 14.8 Å². The lowest BCUT2D eigenvalue weighted by Gasteiger charge is -2.37. The number of benzene rings is 2. The van der Waals surface area contributed by atoms with Gasteiger partial charge in [-0.1, -0.05) is 37.5 Å². The van der Waals surface area contributed by atoms with Gasteiger partial charge in [0.1, 0.15) is 16.7 Å². The zero-order valence-corrected chi connectivity index (χ0v) is 22.6. The number of rotatable bonds is 10. The van der Waals surface area contributed by atoms with Gasteiger partial charge in [0.05, 0.1) is 22.4 Å². The number of ether oxygens (including phenoxy) is 1. The van der Waals surface area contributed by atoms with E-state index in [0.29, 0.717) is 18.2 Å². The van der Waals surface area contributed by atoms with Crippen LogP contribution in [0.3, 0.4) is 0 Å². The van der Waals surface area contributed by atoms with Crippen molar-refractivity contribution in [2.45, 2.75) is 62.4 Å². The van der Waals surface area contributed by atoms with Crippen molar-refractivity contribution in [2.75, 3.05) is 30.7 Å². The van der Waals surface area contributed by atoms with E-state index in [-0.39, 0.29) is 21.6 Å². The van der Waals surface area contributed by atoms with Gasteiger partial charge in [-0.15, -0.1) is 0 Å². The predicted octanol–water partition coefficient (Wildman–Crippen LogP) is 5.43. The van der Waals surface area contributed by atoms with Gasteiger partial charge in [-0.2, -0.15) is 5.26 Å². The van der Waals surface area contributed by atoms with Gasteiger partial charge >= 0.3 is 0 Å². The fourth-order valence-corrected chi connectivity index (χ4v) is 6.86. The molecule has 2 aromatic carbocycles. The molecule has 0 aliphatic heterocycles.